The SMILES string of the molecule is COc1ccc(C2(S(=O)(=O)O)C=Nc3ccccc3N2)cc1. The quantitative estimate of drug-likeness (QED) is 0.849. The van der Waals surface area contributed by atoms with Gasteiger partial charge in [0.15, 0.2) is 0 Å². The van der Waals surface area contributed by atoms with Crippen LogP contribution in [0.1, 0.15) is 5.56 Å². The monoisotopic (exact) mass is 318 g/mol. The molecule has 0 amide bonds. The molecule has 0 radical (unpaired) electrons. The highest BCUT2D eigenvalue weighted by Crippen LogP contribution is 2.38. The Morgan fingerprint density at radius 3 is 2.45 bits per heavy atom. The lowest BCUT2D eigenvalue weighted by molar-refractivity contribution is 0.414. The summed E-state index contributed by atoms with van der Waals surface area (Å²) in [5.74, 6) is 0.586. The van der Waals surface area contributed by atoms with Gasteiger partial charge in [-0.05, 0) is 24.3 Å². The van der Waals surface area contributed by atoms with Gasteiger partial charge >= 0.3 is 0 Å². The zero-order valence-electron chi connectivity index (χ0n) is 11.7. The largest absolute Gasteiger partial charge is 0.497 e. The number of para-hydroxylation sites is 2. The lowest BCUT2D eigenvalue weighted by Crippen LogP contribution is -2.45. The number of fused-ring (bicyclic) bond motifs is 1. The third kappa shape index (κ3) is 2.24. The number of benzene rings is 2. The first kappa shape index (κ1) is 14.6. The molecule has 0 aromatic heterocycles. The fraction of sp³-hybridized carbons (Fsp3) is 0.133. The van der Waals surface area contributed by atoms with Crippen LogP contribution in [-0.4, -0.2) is 26.3 Å². The molecule has 3 rings (SSSR count). The molecule has 2 aromatic carbocycles. The van der Waals surface area contributed by atoms with Crippen molar-refractivity contribution in [2.75, 3.05) is 12.4 Å². The summed E-state index contributed by atoms with van der Waals surface area (Å²) in [6.45, 7) is 0. The number of aliphatic imine (C=N–C) groups is 1. The lowest BCUT2D eigenvalue weighted by atomic mass is 10.0. The molecule has 1 unspecified atom stereocenters. The number of hydrogen-bond acceptors (Lipinski definition) is 5. The van der Waals surface area contributed by atoms with Gasteiger partial charge in [0.1, 0.15) is 5.75 Å². The smallest absolute Gasteiger partial charge is 0.299 e. The van der Waals surface area contributed by atoms with Gasteiger partial charge in [-0.3, -0.25) is 9.55 Å². The molecule has 1 aliphatic heterocycles. The van der Waals surface area contributed by atoms with E-state index >= 15 is 0 Å². The van der Waals surface area contributed by atoms with Gasteiger partial charge in [-0.1, -0.05) is 24.3 Å². The van der Waals surface area contributed by atoms with Gasteiger partial charge < -0.3 is 10.1 Å². The molecule has 114 valence electrons. The molecule has 2 aromatic rings. The summed E-state index contributed by atoms with van der Waals surface area (Å²) in [4.78, 5) is 2.35. The van der Waals surface area contributed by atoms with E-state index in [0.717, 1.165) is 0 Å². The minimum atomic E-state index is -4.50. The van der Waals surface area contributed by atoms with Gasteiger partial charge in [0.2, 0.25) is 4.87 Å². The molecule has 1 atom stereocenters. The molecule has 0 aliphatic carbocycles. The predicted octanol–water partition coefficient (Wildman–Crippen LogP) is 2.56. The average Bonchev–Trinajstić information content (AvgIpc) is 2.53. The fourth-order valence-electron chi connectivity index (χ4n) is 2.35. The molecule has 0 saturated heterocycles. The Hall–Kier alpha value is -2.38. The molecule has 6 nitrogen and oxygen atoms in total. The average molecular weight is 318 g/mol. The van der Waals surface area contributed by atoms with Crippen LogP contribution < -0.4 is 10.1 Å². The maximum absolute atomic E-state index is 12.0. The third-order valence-corrected chi connectivity index (χ3v) is 4.79. The molecule has 22 heavy (non-hydrogen) atoms. The van der Waals surface area contributed by atoms with Crippen LogP contribution >= 0.6 is 0 Å². The number of anilines is 1. The zero-order valence-corrected chi connectivity index (χ0v) is 12.5. The van der Waals surface area contributed by atoms with Gasteiger partial charge in [-0.2, -0.15) is 8.42 Å². The van der Waals surface area contributed by atoms with Crippen LogP contribution in [0.25, 0.3) is 0 Å². The minimum absolute atomic E-state index is 0.342. The second kappa shape index (κ2) is 5.11. The molecule has 2 N–H and O–H groups in total. The van der Waals surface area contributed by atoms with Crippen LogP contribution in [0.2, 0.25) is 0 Å². The first-order chi connectivity index (χ1) is 10.5. The normalized spacial score (nSPS) is 20.1. The van der Waals surface area contributed by atoms with E-state index < -0.39 is 15.0 Å². The van der Waals surface area contributed by atoms with Crippen LogP contribution in [0.3, 0.4) is 0 Å². The summed E-state index contributed by atoms with van der Waals surface area (Å²) < 4.78 is 38.9. The maximum Gasteiger partial charge on any atom is 0.299 e. The molecule has 1 heterocycles. The molecule has 1 aliphatic rings. The van der Waals surface area contributed by atoms with E-state index in [1.165, 1.54) is 13.3 Å². The molecule has 0 fully saturated rings. The Bertz CT molecular complexity index is 831. The molecule has 0 bridgehead atoms. The summed E-state index contributed by atoms with van der Waals surface area (Å²) in [7, 11) is -2.99. The van der Waals surface area contributed by atoms with Crippen molar-refractivity contribution in [3.05, 3.63) is 54.1 Å². The number of ether oxygens (including phenoxy) is 1. The van der Waals surface area contributed by atoms with Crippen molar-refractivity contribution in [2.24, 2.45) is 4.99 Å². The predicted molar refractivity (Wildman–Crippen MR) is 84.4 cm³/mol. The Balaban J connectivity index is 2.16. The number of hydrogen-bond donors (Lipinski definition) is 2. The van der Waals surface area contributed by atoms with Crippen molar-refractivity contribution in [1.29, 1.82) is 0 Å². The van der Waals surface area contributed by atoms with E-state index in [-0.39, 0.29) is 0 Å². The van der Waals surface area contributed by atoms with Crippen molar-refractivity contribution in [2.45, 2.75) is 4.87 Å². The van der Waals surface area contributed by atoms with Crippen molar-refractivity contribution in [1.82, 2.24) is 0 Å². The number of nitrogens with one attached hydrogen (secondary N) is 1. The van der Waals surface area contributed by atoms with Crippen LogP contribution in [0.15, 0.2) is 53.5 Å². The van der Waals surface area contributed by atoms with Crippen molar-refractivity contribution < 1.29 is 17.7 Å². The van der Waals surface area contributed by atoms with Crippen LogP contribution in [0.5, 0.6) is 5.75 Å². The van der Waals surface area contributed by atoms with Gasteiger partial charge in [-0.15, -0.1) is 0 Å². The summed E-state index contributed by atoms with van der Waals surface area (Å²) in [5.41, 5.74) is 1.47. The standard InChI is InChI=1S/C15H14N2O4S/c1-21-12-8-6-11(7-9-12)15(22(18,19)20)10-16-13-4-2-3-5-14(13)17-15/h2-10,17H,1H3,(H,18,19,20). The highest BCUT2D eigenvalue weighted by atomic mass is 32.2. The summed E-state index contributed by atoms with van der Waals surface area (Å²) in [6.07, 6.45) is 1.20. The Morgan fingerprint density at radius 2 is 1.82 bits per heavy atom. The van der Waals surface area contributed by atoms with Gasteiger partial charge in [0, 0.05) is 5.56 Å². The van der Waals surface area contributed by atoms with Crippen molar-refractivity contribution in [3.63, 3.8) is 0 Å². The van der Waals surface area contributed by atoms with Crippen LogP contribution in [0.4, 0.5) is 11.4 Å². The second-order valence-corrected chi connectivity index (χ2v) is 6.43. The molecule has 7 heteroatoms. The number of nitrogens with zero attached hydrogens (tertiary/aromatic N) is 1. The summed E-state index contributed by atoms with van der Waals surface area (Å²) in [6, 6.07) is 13.4. The molecular formula is C15H14N2O4S. The molecule has 0 saturated carbocycles. The van der Waals surface area contributed by atoms with Crippen LogP contribution in [0, 0.1) is 0 Å². The van der Waals surface area contributed by atoms with Gasteiger partial charge in [-0.25, -0.2) is 0 Å². The highest BCUT2D eigenvalue weighted by molar-refractivity contribution is 7.87. The van der Waals surface area contributed by atoms with E-state index in [2.05, 4.69) is 10.3 Å². The van der Waals surface area contributed by atoms with Gasteiger partial charge in [0.25, 0.3) is 10.1 Å². The Labute approximate surface area is 128 Å². The third-order valence-electron chi connectivity index (χ3n) is 3.54. The van der Waals surface area contributed by atoms with E-state index in [9.17, 15) is 13.0 Å². The first-order valence-corrected chi connectivity index (χ1v) is 7.94. The topological polar surface area (TPSA) is 88.0 Å². The van der Waals surface area contributed by atoms with E-state index in [4.69, 9.17) is 4.74 Å². The Kier molecular flexibility index (Phi) is 3.38. The summed E-state index contributed by atoms with van der Waals surface area (Å²) in [5, 5.41) is 2.88. The second-order valence-electron chi connectivity index (χ2n) is 4.84. The molecule has 0 spiro atoms. The number of rotatable bonds is 3. The van der Waals surface area contributed by atoms with E-state index in [1.807, 2.05) is 0 Å². The fourth-order valence-corrected chi connectivity index (χ4v) is 3.21. The van der Waals surface area contributed by atoms with E-state index in [1.54, 1.807) is 48.5 Å². The first-order valence-electron chi connectivity index (χ1n) is 6.50. The zero-order chi connectivity index (χ0) is 15.8. The van der Waals surface area contributed by atoms with Crippen LogP contribution in [-0.2, 0) is 15.0 Å². The Morgan fingerprint density at radius 1 is 1.14 bits per heavy atom. The van der Waals surface area contributed by atoms with E-state index in [0.29, 0.717) is 22.7 Å². The van der Waals surface area contributed by atoms with Crippen molar-refractivity contribution in [3.8, 4) is 5.75 Å². The lowest BCUT2D eigenvalue weighted by Gasteiger charge is -2.32. The maximum atomic E-state index is 12.0. The minimum Gasteiger partial charge on any atom is -0.497 e. The van der Waals surface area contributed by atoms with Crippen molar-refractivity contribution >= 4 is 27.7 Å². The molecular weight excluding hydrogens is 304 g/mol. The van der Waals surface area contributed by atoms with Gasteiger partial charge in [0.05, 0.1) is 24.7 Å². The highest BCUT2D eigenvalue weighted by Gasteiger charge is 2.45. The summed E-state index contributed by atoms with van der Waals surface area (Å²) >= 11 is 0. The number of methoxy groups -OCH3 is 1.